The van der Waals surface area contributed by atoms with E-state index >= 15 is 0 Å². The summed E-state index contributed by atoms with van der Waals surface area (Å²) in [5.74, 6) is 0.617. The Balaban J connectivity index is 1.53. The van der Waals surface area contributed by atoms with E-state index in [1.54, 1.807) is 11.0 Å². The minimum atomic E-state index is 0.202. The number of hydrogen-bond acceptors (Lipinski definition) is 4. The molecule has 1 aromatic heterocycles. The Morgan fingerprint density at radius 2 is 1.74 bits per heavy atom. The van der Waals surface area contributed by atoms with Crippen LogP contribution in [0.3, 0.4) is 0 Å². The number of thioether (sulfide) groups is 1. The highest BCUT2D eigenvalue weighted by Crippen LogP contribution is 2.16. The molecule has 0 aliphatic carbocycles. The Labute approximate surface area is 141 Å². The molecule has 6 heteroatoms. The van der Waals surface area contributed by atoms with Crippen LogP contribution in [-0.2, 0) is 4.79 Å². The fourth-order valence-corrected chi connectivity index (χ4v) is 3.44. The van der Waals surface area contributed by atoms with Gasteiger partial charge in [0, 0.05) is 13.1 Å². The first-order chi connectivity index (χ1) is 11.3. The van der Waals surface area contributed by atoms with Crippen molar-refractivity contribution in [2.45, 2.75) is 37.3 Å². The first-order valence-electron chi connectivity index (χ1n) is 8.20. The average molecular weight is 330 g/mol. The van der Waals surface area contributed by atoms with Gasteiger partial charge in [0.1, 0.15) is 6.33 Å². The summed E-state index contributed by atoms with van der Waals surface area (Å²) in [6, 6.07) is 9.87. The third-order valence-electron chi connectivity index (χ3n) is 4.03. The molecule has 1 fully saturated rings. The molecule has 1 saturated heterocycles. The zero-order valence-corrected chi connectivity index (χ0v) is 14.0. The van der Waals surface area contributed by atoms with Crippen molar-refractivity contribution in [2.75, 3.05) is 18.8 Å². The monoisotopic (exact) mass is 330 g/mol. The second-order valence-electron chi connectivity index (χ2n) is 5.74. The molecule has 2 aromatic rings. The number of para-hydroxylation sites is 1. The van der Waals surface area contributed by atoms with E-state index in [1.165, 1.54) is 31.0 Å². The Morgan fingerprint density at radius 3 is 2.48 bits per heavy atom. The van der Waals surface area contributed by atoms with Crippen molar-refractivity contribution in [3.05, 3.63) is 36.7 Å². The molecule has 0 atom stereocenters. The van der Waals surface area contributed by atoms with Crippen molar-refractivity contribution in [1.29, 1.82) is 0 Å². The molecular weight excluding hydrogens is 308 g/mol. The summed E-state index contributed by atoms with van der Waals surface area (Å²) in [5.41, 5.74) is 0.974. The Kier molecular flexibility index (Phi) is 5.69. The van der Waals surface area contributed by atoms with E-state index in [4.69, 9.17) is 0 Å². The van der Waals surface area contributed by atoms with Gasteiger partial charge in [-0.25, -0.2) is 9.67 Å². The summed E-state index contributed by atoms with van der Waals surface area (Å²) in [4.78, 5) is 18.6. The first-order valence-corrected chi connectivity index (χ1v) is 9.19. The minimum absolute atomic E-state index is 0.202. The summed E-state index contributed by atoms with van der Waals surface area (Å²) < 4.78 is 1.74. The number of aromatic nitrogens is 3. The van der Waals surface area contributed by atoms with Crippen LogP contribution in [0.4, 0.5) is 0 Å². The van der Waals surface area contributed by atoms with Gasteiger partial charge in [0.05, 0.1) is 11.4 Å². The van der Waals surface area contributed by atoms with E-state index in [-0.39, 0.29) is 5.91 Å². The second kappa shape index (κ2) is 8.15. The van der Waals surface area contributed by atoms with Crippen molar-refractivity contribution < 1.29 is 4.79 Å². The van der Waals surface area contributed by atoms with Gasteiger partial charge < -0.3 is 4.90 Å². The lowest BCUT2D eigenvalue weighted by Crippen LogP contribution is -2.35. The maximum atomic E-state index is 12.4. The number of carbonyl (C=O) groups excluding carboxylic acids is 1. The van der Waals surface area contributed by atoms with Gasteiger partial charge >= 0.3 is 0 Å². The van der Waals surface area contributed by atoms with Crippen molar-refractivity contribution in [3.63, 3.8) is 0 Å². The van der Waals surface area contributed by atoms with E-state index in [1.807, 2.05) is 35.2 Å². The molecular formula is C17H22N4OS. The number of carbonyl (C=O) groups is 1. The zero-order chi connectivity index (χ0) is 15.9. The van der Waals surface area contributed by atoms with Crippen LogP contribution < -0.4 is 0 Å². The number of likely N-dealkylation sites (tertiary alicyclic amines) is 1. The third kappa shape index (κ3) is 4.58. The highest BCUT2D eigenvalue weighted by molar-refractivity contribution is 7.99. The summed E-state index contributed by atoms with van der Waals surface area (Å²) >= 11 is 1.42. The van der Waals surface area contributed by atoms with E-state index in [9.17, 15) is 4.79 Å². The highest BCUT2D eigenvalue weighted by atomic mass is 32.2. The van der Waals surface area contributed by atoms with Gasteiger partial charge in [-0.2, -0.15) is 0 Å². The SMILES string of the molecule is O=C(CSc1ncn(-c2ccccc2)n1)N1CCCCCCC1. The number of amides is 1. The van der Waals surface area contributed by atoms with Crippen LogP contribution in [0.1, 0.15) is 32.1 Å². The lowest BCUT2D eigenvalue weighted by molar-refractivity contribution is -0.128. The molecule has 3 rings (SSSR count). The van der Waals surface area contributed by atoms with Crippen LogP contribution >= 0.6 is 11.8 Å². The maximum Gasteiger partial charge on any atom is 0.233 e. The lowest BCUT2D eigenvalue weighted by atomic mass is 10.1. The molecule has 0 radical (unpaired) electrons. The van der Waals surface area contributed by atoms with Gasteiger partial charge in [0.15, 0.2) is 0 Å². The van der Waals surface area contributed by atoms with Crippen molar-refractivity contribution in [1.82, 2.24) is 19.7 Å². The molecule has 1 aliphatic heterocycles. The first kappa shape index (κ1) is 16.1. The normalized spacial score (nSPS) is 15.9. The molecule has 0 bridgehead atoms. The number of benzene rings is 1. The second-order valence-corrected chi connectivity index (χ2v) is 6.69. The van der Waals surface area contributed by atoms with Gasteiger partial charge in [-0.1, -0.05) is 49.2 Å². The number of hydrogen-bond donors (Lipinski definition) is 0. The molecule has 0 N–H and O–H groups in total. The lowest BCUT2D eigenvalue weighted by Gasteiger charge is -2.24. The van der Waals surface area contributed by atoms with E-state index in [2.05, 4.69) is 10.1 Å². The van der Waals surface area contributed by atoms with Gasteiger partial charge in [0.2, 0.25) is 11.1 Å². The Hall–Kier alpha value is -1.82. The number of rotatable bonds is 4. The van der Waals surface area contributed by atoms with Crippen molar-refractivity contribution >= 4 is 17.7 Å². The van der Waals surface area contributed by atoms with Crippen molar-refractivity contribution in [3.8, 4) is 5.69 Å². The molecule has 0 spiro atoms. The molecule has 122 valence electrons. The van der Waals surface area contributed by atoms with Crippen molar-refractivity contribution in [2.24, 2.45) is 0 Å². The molecule has 0 unspecified atom stereocenters. The average Bonchev–Trinajstić information content (AvgIpc) is 3.02. The van der Waals surface area contributed by atoms with E-state index in [0.29, 0.717) is 10.9 Å². The Morgan fingerprint density at radius 1 is 1.04 bits per heavy atom. The summed E-state index contributed by atoms with van der Waals surface area (Å²) in [7, 11) is 0. The van der Waals surface area contributed by atoms with Gasteiger partial charge in [-0.15, -0.1) is 5.10 Å². The quantitative estimate of drug-likeness (QED) is 0.808. The topological polar surface area (TPSA) is 51.0 Å². The number of nitrogens with zero attached hydrogens (tertiary/aromatic N) is 4. The molecule has 23 heavy (non-hydrogen) atoms. The van der Waals surface area contributed by atoms with Crippen LogP contribution in [-0.4, -0.2) is 44.4 Å². The third-order valence-corrected chi connectivity index (χ3v) is 4.86. The van der Waals surface area contributed by atoms with Crippen LogP contribution in [0.2, 0.25) is 0 Å². The summed E-state index contributed by atoms with van der Waals surface area (Å²) in [5, 5.41) is 5.08. The predicted octanol–water partition coefficient (Wildman–Crippen LogP) is 3.15. The fraction of sp³-hybridized carbons (Fsp3) is 0.471. The molecule has 1 aromatic carbocycles. The fourth-order valence-electron chi connectivity index (χ4n) is 2.73. The zero-order valence-electron chi connectivity index (χ0n) is 13.2. The molecule has 2 heterocycles. The van der Waals surface area contributed by atoms with Gasteiger partial charge in [0.25, 0.3) is 0 Å². The van der Waals surface area contributed by atoms with Gasteiger partial charge in [-0.05, 0) is 25.0 Å². The van der Waals surface area contributed by atoms with Crippen LogP contribution in [0, 0.1) is 0 Å². The van der Waals surface area contributed by atoms with Gasteiger partial charge in [-0.3, -0.25) is 4.79 Å². The summed E-state index contributed by atoms with van der Waals surface area (Å²) in [6.45, 7) is 1.79. The summed E-state index contributed by atoms with van der Waals surface area (Å²) in [6.07, 6.45) is 7.71. The van der Waals surface area contributed by atoms with E-state index < -0.39 is 0 Å². The standard InChI is InChI=1S/C17H22N4OS/c22-16(20-11-7-2-1-3-8-12-20)13-23-17-18-14-21(19-17)15-9-5-4-6-10-15/h4-6,9-10,14H,1-3,7-8,11-13H2. The van der Waals surface area contributed by atoms with Crippen LogP contribution in [0.5, 0.6) is 0 Å². The van der Waals surface area contributed by atoms with E-state index in [0.717, 1.165) is 31.6 Å². The predicted molar refractivity (Wildman–Crippen MR) is 91.7 cm³/mol. The highest BCUT2D eigenvalue weighted by Gasteiger charge is 2.16. The Bertz CT molecular complexity index is 621. The molecule has 5 nitrogen and oxygen atoms in total. The molecule has 1 amide bonds. The smallest absolute Gasteiger partial charge is 0.233 e. The molecule has 0 saturated carbocycles. The maximum absolute atomic E-state index is 12.4. The largest absolute Gasteiger partial charge is 0.342 e. The van der Waals surface area contributed by atoms with Crippen LogP contribution in [0.15, 0.2) is 41.8 Å². The van der Waals surface area contributed by atoms with Crippen LogP contribution in [0.25, 0.3) is 5.69 Å². The minimum Gasteiger partial charge on any atom is -0.342 e. The molecule has 1 aliphatic rings.